The van der Waals surface area contributed by atoms with Gasteiger partial charge in [0, 0.05) is 17.6 Å². The van der Waals surface area contributed by atoms with Gasteiger partial charge in [-0.15, -0.1) is 0 Å². The number of halogens is 1. The maximum atomic E-state index is 12.4. The maximum absolute atomic E-state index is 12.4. The van der Waals surface area contributed by atoms with Crippen LogP contribution in [0.1, 0.15) is 35.8 Å². The third-order valence-electron chi connectivity index (χ3n) is 4.39. The van der Waals surface area contributed by atoms with Crippen LogP contribution in [0.4, 0.5) is 5.69 Å². The van der Waals surface area contributed by atoms with Crippen LogP contribution in [0.5, 0.6) is 0 Å². The first-order valence-corrected chi connectivity index (χ1v) is 9.56. The SMILES string of the molecule is CCCCn1nc(C)c(C(=O)OCC(=O)Nc2cccc3ccccc23)c1Cl. The number of benzene rings is 2. The van der Waals surface area contributed by atoms with Crippen molar-refractivity contribution in [1.29, 1.82) is 0 Å². The summed E-state index contributed by atoms with van der Waals surface area (Å²) in [5.41, 5.74) is 1.36. The molecule has 1 amide bonds. The standard InChI is InChI=1S/C21H22ClN3O3/c1-3-4-12-25-20(22)19(14(2)24-25)21(27)28-13-18(26)23-17-11-7-9-15-8-5-6-10-16(15)17/h5-11H,3-4,12-13H2,1-2H3,(H,23,26). The predicted molar refractivity (Wildman–Crippen MR) is 110 cm³/mol. The van der Waals surface area contributed by atoms with Crippen LogP contribution in [0.3, 0.4) is 0 Å². The molecule has 0 unspecified atom stereocenters. The summed E-state index contributed by atoms with van der Waals surface area (Å²) in [6.07, 6.45) is 1.89. The normalized spacial score (nSPS) is 10.8. The lowest BCUT2D eigenvalue weighted by Crippen LogP contribution is -2.21. The number of carbonyl (C=O) groups is 2. The monoisotopic (exact) mass is 399 g/mol. The first-order chi connectivity index (χ1) is 13.5. The van der Waals surface area contributed by atoms with Gasteiger partial charge in [-0.3, -0.25) is 9.48 Å². The molecule has 7 heteroatoms. The van der Waals surface area contributed by atoms with E-state index in [9.17, 15) is 9.59 Å². The third-order valence-corrected chi connectivity index (χ3v) is 4.78. The summed E-state index contributed by atoms with van der Waals surface area (Å²) in [6, 6.07) is 13.4. The molecular weight excluding hydrogens is 378 g/mol. The zero-order valence-corrected chi connectivity index (χ0v) is 16.6. The number of rotatable bonds is 7. The zero-order valence-electron chi connectivity index (χ0n) is 15.9. The first kappa shape index (κ1) is 19.9. The number of nitrogens with one attached hydrogen (secondary N) is 1. The number of fused-ring (bicyclic) bond motifs is 1. The molecule has 0 radical (unpaired) electrons. The Kier molecular flexibility index (Phi) is 6.31. The highest BCUT2D eigenvalue weighted by molar-refractivity contribution is 6.32. The summed E-state index contributed by atoms with van der Waals surface area (Å²) < 4.78 is 6.76. The fourth-order valence-electron chi connectivity index (χ4n) is 2.97. The number of nitrogens with zero attached hydrogens (tertiary/aromatic N) is 2. The minimum atomic E-state index is -0.654. The highest BCUT2D eigenvalue weighted by Crippen LogP contribution is 2.23. The van der Waals surface area contributed by atoms with Crippen LogP contribution in [-0.2, 0) is 16.1 Å². The average Bonchev–Trinajstić information content (AvgIpc) is 2.98. The molecule has 1 aromatic heterocycles. The molecule has 0 saturated carbocycles. The van der Waals surface area contributed by atoms with Gasteiger partial charge in [-0.2, -0.15) is 5.10 Å². The number of esters is 1. The van der Waals surface area contributed by atoms with Gasteiger partial charge in [0.05, 0.1) is 5.69 Å². The summed E-state index contributed by atoms with van der Waals surface area (Å²) in [5.74, 6) is -1.07. The Morgan fingerprint density at radius 3 is 2.71 bits per heavy atom. The summed E-state index contributed by atoms with van der Waals surface area (Å²) in [5, 5.41) is 9.24. The highest BCUT2D eigenvalue weighted by atomic mass is 35.5. The van der Waals surface area contributed by atoms with Crippen LogP contribution in [0, 0.1) is 6.92 Å². The van der Waals surface area contributed by atoms with Crippen LogP contribution in [0.25, 0.3) is 10.8 Å². The molecule has 28 heavy (non-hydrogen) atoms. The predicted octanol–water partition coefficient (Wildman–Crippen LogP) is 4.59. The van der Waals surface area contributed by atoms with E-state index in [2.05, 4.69) is 17.3 Å². The van der Waals surface area contributed by atoms with Gasteiger partial charge in [0.15, 0.2) is 6.61 Å². The molecule has 0 aliphatic carbocycles. The van der Waals surface area contributed by atoms with Gasteiger partial charge in [-0.1, -0.05) is 61.3 Å². The number of amides is 1. The largest absolute Gasteiger partial charge is 0.452 e. The molecule has 3 aromatic rings. The average molecular weight is 400 g/mol. The van der Waals surface area contributed by atoms with E-state index in [1.807, 2.05) is 36.4 Å². The molecule has 0 aliphatic heterocycles. The first-order valence-electron chi connectivity index (χ1n) is 9.19. The number of aromatic nitrogens is 2. The van der Waals surface area contributed by atoms with Crippen molar-refractivity contribution in [2.45, 2.75) is 33.2 Å². The lowest BCUT2D eigenvalue weighted by Gasteiger charge is -2.09. The van der Waals surface area contributed by atoms with E-state index >= 15 is 0 Å². The molecule has 1 N–H and O–H groups in total. The second-order valence-corrected chi connectivity index (χ2v) is 6.84. The molecule has 1 heterocycles. The molecule has 6 nitrogen and oxygen atoms in total. The summed E-state index contributed by atoms with van der Waals surface area (Å²) >= 11 is 6.27. The molecule has 2 aromatic carbocycles. The Bertz CT molecular complexity index is 1010. The topological polar surface area (TPSA) is 73.2 Å². The van der Waals surface area contributed by atoms with E-state index in [4.69, 9.17) is 16.3 Å². The number of anilines is 1. The molecule has 0 saturated heterocycles. The summed E-state index contributed by atoms with van der Waals surface area (Å²) in [6.45, 7) is 3.98. The van der Waals surface area contributed by atoms with Crippen LogP contribution in [0.15, 0.2) is 42.5 Å². The highest BCUT2D eigenvalue weighted by Gasteiger charge is 2.22. The Morgan fingerprint density at radius 1 is 1.18 bits per heavy atom. The van der Waals surface area contributed by atoms with Gasteiger partial charge in [0.2, 0.25) is 0 Å². The molecular formula is C21H22ClN3O3. The third kappa shape index (κ3) is 4.34. The fourth-order valence-corrected chi connectivity index (χ4v) is 3.30. The van der Waals surface area contributed by atoms with E-state index in [1.165, 1.54) is 0 Å². The van der Waals surface area contributed by atoms with E-state index < -0.39 is 18.5 Å². The minimum absolute atomic E-state index is 0.204. The Morgan fingerprint density at radius 2 is 1.93 bits per heavy atom. The number of ether oxygens (including phenoxy) is 1. The molecule has 0 fully saturated rings. The van der Waals surface area contributed by atoms with Crippen molar-refractivity contribution in [3.05, 3.63) is 58.9 Å². The van der Waals surface area contributed by atoms with E-state index in [0.717, 1.165) is 23.6 Å². The van der Waals surface area contributed by atoms with Crippen LogP contribution in [-0.4, -0.2) is 28.3 Å². The molecule has 3 rings (SSSR count). The minimum Gasteiger partial charge on any atom is -0.452 e. The molecule has 0 bridgehead atoms. The van der Waals surface area contributed by atoms with Crippen molar-refractivity contribution >= 4 is 39.9 Å². The van der Waals surface area contributed by atoms with Crippen molar-refractivity contribution < 1.29 is 14.3 Å². The van der Waals surface area contributed by atoms with Crippen molar-refractivity contribution in [3.8, 4) is 0 Å². The molecule has 0 atom stereocenters. The quantitative estimate of drug-likeness (QED) is 0.589. The maximum Gasteiger partial charge on any atom is 0.343 e. The van der Waals surface area contributed by atoms with E-state index in [-0.39, 0.29) is 10.7 Å². The van der Waals surface area contributed by atoms with Crippen molar-refractivity contribution in [3.63, 3.8) is 0 Å². The van der Waals surface area contributed by atoms with Crippen LogP contribution in [0.2, 0.25) is 5.15 Å². The van der Waals surface area contributed by atoms with Gasteiger partial charge in [0.1, 0.15) is 10.7 Å². The van der Waals surface area contributed by atoms with Crippen molar-refractivity contribution in [2.24, 2.45) is 0 Å². The number of aryl methyl sites for hydroxylation is 2. The second kappa shape index (κ2) is 8.89. The second-order valence-electron chi connectivity index (χ2n) is 6.48. The van der Waals surface area contributed by atoms with Gasteiger partial charge in [-0.05, 0) is 24.8 Å². The summed E-state index contributed by atoms with van der Waals surface area (Å²) in [4.78, 5) is 24.7. The summed E-state index contributed by atoms with van der Waals surface area (Å²) in [7, 11) is 0. The van der Waals surface area contributed by atoms with Gasteiger partial charge in [0.25, 0.3) is 5.91 Å². The zero-order chi connectivity index (χ0) is 20.1. The lowest BCUT2D eigenvalue weighted by atomic mass is 10.1. The molecule has 0 spiro atoms. The fraction of sp³-hybridized carbons (Fsp3) is 0.286. The van der Waals surface area contributed by atoms with Gasteiger partial charge in [-0.25, -0.2) is 4.79 Å². The Labute approximate surface area is 168 Å². The number of unbranched alkanes of at least 4 members (excludes halogenated alkanes) is 1. The van der Waals surface area contributed by atoms with E-state index in [0.29, 0.717) is 17.9 Å². The van der Waals surface area contributed by atoms with Gasteiger partial charge >= 0.3 is 5.97 Å². The molecule has 146 valence electrons. The Balaban J connectivity index is 1.65. The van der Waals surface area contributed by atoms with Crippen LogP contribution < -0.4 is 5.32 Å². The smallest absolute Gasteiger partial charge is 0.343 e. The molecule has 0 aliphatic rings. The van der Waals surface area contributed by atoms with E-state index in [1.54, 1.807) is 17.7 Å². The van der Waals surface area contributed by atoms with Crippen molar-refractivity contribution in [1.82, 2.24) is 9.78 Å². The Hall–Kier alpha value is -2.86. The number of hydrogen-bond acceptors (Lipinski definition) is 4. The lowest BCUT2D eigenvalue weighted by molar-refractivity contribution is -0.119. The number of carbonyl (C=O) groups excluding carboxylic acids is 2. The number of hydrogen-bond donors (Lipinski definition) is 1. The van der Waals surface area contributed by atoms with Gasteiger partial charge < -0.3 is 10.1 Å². The van der Waals surface area contributed by atoms with Crippen LogP contribution >= 0.6 is 11.6 Å². The van der Waals surface area contributed by atoms with Crippen molar-refractivity contribution in [2.75, 3.05) is 11.9 Å².